The van der Waals surface area contributed by atoms with E-state index in [-0.39, 0.29) is 17.1 Å². The quantitative estimate of drug-likeness (QED) is 0.642. The zero-order valence-electron chi connectivity index (χ0n) is 12.5. The van der Waals surface area contributed by atoms with Gasteiger partial charge in [0, 0.05) is 17.7 Å². The Bertz CT molecular complexity index is 504. The van der Waals surface area contributed by atoms with Crippen LogP contribution in [0.1, 0.15) is 56.5 Å². The van der Waals surface area contributed by atoms with Crippen molar-refractivity contribution in [1.29, 1.82) is 0 Å². The molecule has 1 amide bonds. The van der Waals surface area contributed by atoms with E-state index in [0.29, 0.717) is 17.3 Å². The van der Waals surface area contributed by atoms with Gasteiger partial charge in [-0.2, -0.15) is 0 Å². The minimum Gasteiger partial charge on any atom is -0.326 e. The normalized spacial score (nSPS) is 11.2. The summed E-state index contributed by atoms with van der Waals surface area (Å²) in [6.45, 7) is 8.18. The van der Waals surface area contributed by atoms with Crippen molar-refractivity contribution in [2.75, 3.05) is 10.6 Å². The van der Waals surface area contributed by atoms with Crippen LogP contribution in [0, 0.1) is 0 Å². The third-order valence-corrected chi connectivity index (χ3v) is 3.53. The van der Waals surface area contributed by atoms with Crippen LogP contribution in [0.4, 0.5) is 5.69 Å². The maximum Gasteiger partial charge on any atom is 0.224 e. The number of anilines is 1. The molecule has 0 spiro atoms. The molecule has 0 aliphatic heterocycles. The summed E-state index contributed by atoms with van der Waals surface area (Å²) in [4.78, 5) is 23.6. The van der Waals surface area contributed by atoms with E-state index in [4.69, 9.17) is 0 Å². The van der Waals surface area contributed by atoms with E-state index in [1.54, 1.807) is 6.07 Å². The van der Waals surface area contributed by atoms with Gasteiger partial charge >= 0.3 is 0 Å². The number of hydrogen-bond acceptors (Lipinski definition) is 2. The molecule has 3 nitrogen and oxygen atoms in total. The largest absolute Gasteiger partial charge is 0.326 e. The van der Waals surface area contributed by atoms with Crippen molar-refractivity contribution < 1.29 is 9.59 Å². The molecule has 0 heterocycles. The smallest absolute Gasteiger partial charge is 0.224 e. The van der Waals surface area contributed by atoms with E-state index < -0.39 is 0 Å². The molecule has 4 heteroatoms. The van der Waals surface area contributed by atoms with Crippen LogP contribution in [0.2, 0.25) is 0 Å². The highest BCUT2D eigenvalue weighted by Crippen LogP contribution is 2.31. The summed E-state index contributed by atoms with van der Waals surface area (Å²) in [7, 11) is 0. The third kappa shape index (κ3) is 4.44. The van der Waals surface area contributed by atoms with E-state index >= 15 is 0 Å². The zero-order chi connectivity index (χ0) is 15.3. The number of Topliss-reactive ketones (excluding diaryl/α,β-unsaturated/α-hetero) is 1. The molecule has 1 aromatic carbocycles. The summed E-state index contributed by atoms with van der Waals surface area (Å²) in [6, 6.07) is 5.47. The zero-order valence-corrected chi connectivity index (χ0v) is 14.1. The first kappa shape index (κ1) is 16.9. The lowest BCUT2D eigenvalue weighted by atomic mass is 9.84. The Morgan fingerprint density at radius 3 is 2.40 bits per heavy atom. The topological polar surface area (TPSA) is 46.2 Å². The Hall–Kier alpha value is -1.16. The average Bonchev–Trinajstić information content (AvgIpc) is 2.37. The number of ketones is 1. The van der Waals surface area contributed by atoms with Crippen LogP contribution in [0.25, 0.3) is 0 Å². The fourth-order valence-electron chi connectivity index (χ4n) is 1.96. The summed E-state index contributed by atoms with van der Waals surface area (Å²) < 4.78 is 0. The van der Waals surface area contributed by atoms with E-state index in [2.05, 4.69) is 42.0 Å². The van der Waals surface area contributed by atoms with Gasteiger partial charge in [-0.15, -0.1) is 0 Å². The molecule has 20 heavy (non-hydrogen) atoms. The maximum absolute atomic E-state index is 11.8. The Morgan fingerprint density at radius 1 is 1.25 bits per heavy atom. The van der Waals surface area contributed by atoms with Crippen molar-refractivity contribution in [3.63, 3.8) is 0 Å². The van der Waals surface area contributed by atoms with Crippen LogP contribution in [-0.4, -0.2) is 17.0 Å². The Morgan fingerprint density at radius 2 is 1.90 bits per heavy atom. The number of hydrogen-bond donors (Lipinski definition) is 1. The number of benzene rings is 1. The summed E-state index contributed by atoms with van der Waals surface area (Å²) in [5, 5.41) is 3.24. The third-order valence-electron chi connectivity index (χ3n) is 3.02. The van der Waals surface area contributed by atoms with Crippen LogP contribution in [0.15, 0.2) is 18.2 Å². The lowest BCUT2D eigenvalue weighted by Gasteiger charge is -2.24. The second-order valence-electron chi connectivity index (χ2n) is 5.87. The van der Waals surface area contributed by atoms with Crippen molar-refractivity contribution in [3.8, 4) is 0 Å². The lowest BCUT2D eigenvalue weighted by molar-refractivity contribution is -0.116. The van der Waals surface area contributed by atoms with E-state index in [1.165, 1.54) is 0 Å². The average molecular weight is 340 g/mol. The molecule has 110 valence electrons. The minimum atomic E-state index is -0.141. The number of carbonyl (C=O) groups excluding carboxylic acids is 2. The van der Waals surface area contributed by atoms with Gasteiger partial charge in [-0.05, 0) is 35.6 Å². The van der Waals surface area contributed by atoms with Crippen LogP contribution >= 0.6 is 15.9 Å². The summed E-state index contributed by atoms with van der Waals surface area (Å²) in [5.41, 5.74) is 2.30. The molecule has 0 aromatic heterocycles. The molecule has 1 aromatic rings. The van der Waals surface area contributed by atoms with Gasteiger partial charge in [0.2, 0.25) is 5.91 Å². The number of rotatable bonds is 5. The molecule has 0 aliphatic rings. The number of carbonyl (C=O) groups is 2. The van der Waals surface area contributed by atoms with Gasteiger partial charge in [-0.3, -0.25) is 9.59 Å². The van der Waals surface area contributed by atoms with Crippen LogP contribution in [-0.2, 0) is 10.2 Å². The molecule has 0 aliphatic carbocycles. The Labute approximate surface area is 129 Å². The molecule has 1 rings (SSSR count). The second kappa shape index (κ2) is 7.02. The maximum atomic E-state index is 11.8. The van der Waals surface area contributed by atoms with Crippen molar-refractivity contribution in [3.05, 3.63) is 29.3 Å². The van der Waals surface area contributed by atoms with Gasteiger partial charge in [-0.1, -0.05) is 43.6 Å². The van der Waals surface area contributed by atoms with Crippen molar-refractivity contribution in [2.45, 2.75) is 46.0 Å². The van der Waals surface area contributed by atoms with Crippen LogP contribution < -0.4 is 5.32 Å². The molecular formula is C16H22BrNO2. The number of amides is 1. The monoisotopic (exact) mass is 339 g/mol. The molecule has 0 radical (unpaired) electrons. The molecular weight excluding hydrogens is 318 g/mol. The van der Waals surface area contributed by atoms with E-state index in [9.17, 15) is 9.59 Å². The summed E-state index contributed by atoms with van der Waals surface area (Å²) >= 11 is 3.19. The molecule has 0 saturated heterocycles. The van der Waals surface area contributed by atoms with Gasteiger partial charge in [0.1, 0.15) is 0 Å². The number of halogens is 1. The van der Waals surface area contributed by atoms with E-state index in [1.807, 2.05) is 19.1 Å². The number of alkyl halides is 1. The molecule has 0 fully saturated rings. The first-order valence-electron chi connectivity index (χ1n) is 6.83. The standard InChI is InChI=1S/C16H22BrNO2/c1-5-6-15(20)18-13-8-7-11(14(19)10-17)9-12(13)16(2,3)4/h7-9H,5-6,10H2,1-4H3,(H,18,20). The van der Waals surface area contributed by atoms with Crippen molar-refractivity contribution in [1.82, 2.24) is 0 Å². The predicted octanol–water partition coefficient (Wildman–Crippen LogP) is 4.30. The molecule has 0 saturated carbocycles. The fraction of sp³-hybridized carbons (Fsp3) is 0.500. The van der Waals surface area contributed by atoms with E-state index in [0.717, 1.165) is 17.7 Å². The Kier molecular flexibility index (Phi) is 5.93. The van der Waals surface area contributed by atoms with Gasteiger partial charge < -0.3 is 5.32 Å². The highest BCUT2D eigenvalue weighted by Gasteiger charge is 2.20. The number of nitrogens with one attached hydrogen (secondary N) is 1. The lowest BCUT2D eigenvalue weighted by Crippen LogP contribution is -2.19. The highest BCUT2D eigenvalue weighted by atomic mass is 79.9. The predicted molar refractivity (Wildman–Crippen MR) is 86.8 cm³/mol. The SMILES string of the molecule is CCCC(=O)Nc1ccc(C(=O)CBr)cc1C(C)(C)C. The molecule has 1 N–H and O–H groups in total. The second-order valence-corrected chi connectivity index (χ2v) is 6.43. The fourth-order valence-corrected chi connectivity index (χ4v) is 2.29. The molecule has 0 unspecified atom stereocenters. The molecule has 0 bridgehead atoms. The minimum absolute atomic E-state index is 0.0116. The molecule has 0 atom stereocenters. The van der Waals surface area contributed by atoms with Crippen molar-refractivity contribution >= 4 is 33.3 Å². The van der Waals surface area contributed by atoms with Gasteiger partial charge in [0.05, 0.1) is 5.33 Å². The summed E-state index contributed by atoms with van der Waals surface area (Å²) in [5.74, 6) is 0.0551. The first-order valence-corrected chi connectivity index (χ1v) is 7.95. The summed E-state index contributed by atoms with van der Waals surface area (Å²) in [6.07, 6.45) is 1.32. The van der Waals surface area contributed by atoms with Gasteiger partial charge in [-0.25, -0.2) is 0 Å². The van der Waals surface area contributed by atoms with Gasteiger partial charge in [0.15, 0.2) is 5.78 Å². The van der Waals surface area contributed by atoms with Crippen LogP contribution in [0.5, 0.6) is 0 Å². The van der Waals surface area contributed by atoms with Crippen LogP contribution in [0.3, 0.4) is 0 Å². The Balaban J connectivity index is 3.17. The van der Waals surface area contributed by atoms with Gasteiger partial charge in [0.25, 0.3) is 0 Å². The first-order chi connectivity index (χ1) is 9.29. The highest BCUT2D eigenvalue weighted by molar-refractivity contribution is 9.09. The van der Waals surface area contributed by atoms with Crippen molar-refractivity contribution in [2.24, 2.45) is 0 Å².